The molecule has 0 aromatic rings. The fourth-order valence-electron chi connectivity index (χ4n) is 2.76. The van der Waals surface area contributed by atoms with Crippen molar-refractivity contribution in [2.75, 3.05) is 39.9 Å². The van der Waals surface area contributed by atoms with E-state index < -0.39 is 6.04 Å². The zero-order valence-corrected chi connectivity index (χ0v) is 11.7. The number of ether oxygens (including phenoxy) is 1. The second-order valence-electron chi connectivity index (χ2n) is 5.37. The zero-order valence-electron chi connectivity index (χ0n) is 11.7. The molecule has 0 spiro atoms. The highest BCUT2D eigenvalue weighted by molar-refractivity contribution is 5.87. The minimum Gasteiger partial charge on any atom is -0.377 e. The number of amides is 3. The predicted octanol–water partition coefficient (Wildman–Crippen LogP) is 0.285. The molecule has 3 amide bonds. The van der Waals surface area contributed by atoms with Gasteiger partial charge in [0.25, 0.3) is 0 Å². The first-order valence-corrected chi connectivity index (χ1v) is 6.98. The van der Waals surface area contributed by atoms with Gasteiger partial charge in [0.05, 0.1) is 13.2 Å². The maximum atomic E-state index is 12.5. The Kier molecular flexibility index (Phi) is 4.63. The van der Waals surface area contributed by atoms with Crippen LogP contribution >= 0.6 is 0 Å². The summed E-state index contributed by atoms with van der Waals surface area (Å²) in [5.41, 5.74) is 0. The van der Waals surface area contributed by atoms with Crippen LogP contribution in [0.5, 0.6) is 0 Å². The van der Waals surface area contributed by atoms with Crippen LogP contribution in [0.25, 0.3) is 0 Å². The summed E-state index contributed by atoms with van der Waals surface area (Å²) in [6, 6.07) is -0.521. The van der Waals surface area contributed by atoms with E-state index in [4.69, 9.17) is 4.74 Å². The standard InChI is InChI=1S/C13H23N3O3/c1-10-4-3-5-15(8-10)13(18)16-6-7-19-9-11(16)12(17)14-2/h10-11H,3-9H2,1-2H3,(H,14,17). The van der Waals surface area contributed by atoms with E-state index in [0.717, 1.165) is 19.5 Å². The number of nitrogens with one attached hydrogen (secondary N) is 1. The molecule has 2 aliphatic rings. The molecule has 0 aromatic heterocycles. The molecule has 19 heavy (non-hydrogen) atoms. The van der Waals surface area contributed by atoms with Crippen LogP contribution in [0.4, 0.5) is 4.79 Å². The molecule has 2 saturated heterocycles. The molecule has 1 N–H and O–H groups in total. The number of likely N-dealkylation sites (N-methyl/N-ethyl adjacent to an activating group) is 1. The average molecular weight is 269 g/mol. The van der Waals surface area contributed by atoms with Crippen molar-refractivity contribution < 1.29 is 14.3 Å². The Balaban J connectivity index is 2.04. The molecule has 0 saturated carbocycles. The Bertz CT molecular complexity index is 348. The Morgan fingerprint density at radius 2 is 2.11 bits per heavy atom. The number of carbonyl (C=O) groups is 2. The van der Waals surface area contributed by atoms with Crippen LogP contribution in [0.3, 0.4) is 0 Å². The fourth-order valence-corrected chi connectivity index (χ4v) is 2.76. The topological polar surface area (TPSA) is 61.9 Å². The smallest absolute Gasteiger partial charge is 0.320 e. The molecular formula is C13H23N3O3. The van der Waals surface area contributed by atoms with Crippen molar-refractivity contribution >= 4 is 11.9 Å². The summed E-state index contributed by atoms with van der Waals surface area (Å²) < 4.78 is 5.32. The molecule has 2 rings (SSSR count). The van der Waals surface area contributed by atoms with Gasteiger partial charge in [0.15, 0.2) is 0 Å². The molecule has 108 valence electrons. The lowest BCUT2D eigenvalue weighted by Crippen LogP contribution is -2.59. The van der Waals surface area contributed by atoms with Crippen molar-refractivity contribution in [3.05, 3.63) is 0 Å². The highest BCUT2D eigenvalue weighted by Crippen LogP contribution is 2.19. The van der Waals surface area contributed by atoms with Gasteiger partial charge in [0, 0.05) is 26.7 Å². The first kappa shape index (κ1) is 14.1. The van der Waals surface area contributed by atoms with Crippen LogP contribution in [0.1, 0.15) is 19.8 Å². The van der Waals surface area contributed by atoms with Crippen molar-refractivity contribution in [2.45, 2.75) is 25.8 Å². The third kappa shape index (κ3) is 3.18. The average Bonchev–Trinajstić information content (AvgIpc) is 2.45. The van der Waals surface area contributed by atoms with Gasteiger partial charge in [-0.05, 0) is 18.8 Å². The maximum Gasteiger partial charge on any atom is 0.320 e. The molecule has 2 atom stereocenters. The van der Waals surface area contributed by atoms with Gasteiger partial charge in [0.1, 0.15) is 6.04 Å². The lowest BCUT2D eigenvalue weighted by atomic mass is 10.0. The summed E-state index contributed by atoms with van der Waals surface area (Å²) in [4.78, 5) is 27.9. The van der Waals surface area contributed by atoms with E-state index in [1.807, 2.05) is 4.90 Å². The molecule has 2 fully saturated rings. The number of nitrogens with zero attached hydrogens (tertiary/aromatic N) is 2. The van der Waals surface area contributed by atoms with Crippen molar-refractivity contribution in [3.8, 4) is 0 Å². The monoisotopic (exact) mass is 269 g/mol. The van der Waals surface area contributed by atoms with Crippen LogP contribution in [0.2, 0.25) is 0 Å². The number of carbonyl (C=O) groups excluding carboxylic acids is 2. The van der Waals surface area contributed by atoms with Gasteiger partial charge >= 0.3 is 6.03 Å². The minimum atomic E-state index is -0.497. The maximum absolute atomic E-state index is 12.5. The van der Waals surface area contributed by atoms with Crippen molar-refractivity contribution in [3.63, 3.8) is 0 Å². The Morgan fingerprint density at radius 3 is 2.79 bits per heavy atom. The first-order valence-electron chi connectivity index (χ1n) is 6.98. The summed E-state index contributed by atoms with van der Waals surface area (Å²) in [6.45, 7) is 5.02. The second kappa shape index (κ2) is 6.23. The Morgan fingerprint density at radius 1 is 1.32 bits per heavy atom. The van der Waals surface area contributed by atoms with Gasteiger partial charge in [-0.1, -0.05) is 6.92 Å². The molecule has 0 aliphatic carbocycles. The summed E-state index contributed by atoms with van der Waals surface area (Å²) in [5.74, 6) is 0.385. The van der Waals surface area contributed by atoms with Gasteiger partial charge in [-0.3, -0.25) is 4.79 Å². The molecular weight excluding hydrogens is 246 g/mol. The Hall–Kier alpha value is -1.30. The quantitative estimate of drug-likeness (QED) is 0.744. The molecule has 0 radical (unpaired) electrons. The molecule has 0 aromatic carbocycles. The van der Waals surface area contributed by atoms with Crippen molar-refractivity contribution in [1.29, 1.82) is 0 Å². The van der Waals surface area contributed by atoms with Crippen LogP contribution in [0.15, 0.2) is 0 Å². The van der Waals surface area contributed by atoms with Gasteiger partial charge in [-0.15, -0.1) is 0 Å². The predicted molar refractivity (Wildman–Crippen MR) is 70.7 cm³/mol. The van der Waals surface area contributed by atoms with Gasteiger partial charge in [-0.2, -0.15) is 0 Å². The number of rotatable bonds is 1. The molecule has 0 bridgehead atoms. The summed E-state index contributed by atoms with van der Waals surface area (Å²) >= 11 is 0. The molecule has 6 heteroatoms. The highest BCUT2D eigenvalue weighted by Gasteiger charge is 2.35. The number of urea groups is 1. The number of hydrogen-bond donors (Lipinski definition) is 1. The van der Waals surface area contributed by atoms with E-state index >= 15 is 0 Å². The van der Waals surface area contributed by atoms with Crippen LogP contribution < -0.4 is 5.32 Å². The first-order chi connectivity index (χ1) is 9.13. The SMILES string of the molecule is CNC(=O)C1COCCN1C(=O)N1CCCC(C)C1. The molecule has 2 aliphatic heterocycles. The van der Waals surface area contributed by atoms with Gasteiger partial charge in [-0.25, -0.2) is 4.79 Å². The number of hydrogen-bond acceptors (Lipinski definition) is 3. The molecule has 6 nitrogen and oxygen atoms in total. The lowest BCUT2D eigenvalue weighted by molar-refractivity contribution is -0.130. The van der Waals surface area contributed by atoms with E-state index in [1.54, 1.807) is 11.9 Å². The van der Waals surface area contributed by atoms with Crippen LogP contribution in [-0.4, -0.2) is 67.7 Å². The van der Waals surface area contributed by atoms with E-state index in [-0.39, 0.29) is 18.5 Å². The second-order valence-corrected chi connectivity index (χ2v) is 5.37. The highest BCUT2D eigenvalue weighted by atomic mass is 16.5. The van der Waals surface area contributed by atoms with Crippen molar-refractivity contribution in [2.24, 2.45) is 5.92 Å². The largest absolute Gasteiger partial charge is 0.377 e. The van der Waals surface area contributed by atoms with E-state index in [9.17, 15) is 9.59 Å². The minimum absolute atomic E-state index is 0.0246. The Labute approximate surface area is 114 Å². The number of piperidine rings is 1. The molecule has 2 heterocycles. The van der Waals surface area contributed by atoms with E-state index in [1.165, 1.54) is 6.42 Å². The van der Waals surface area contributed by atoms with Crippen molar-refractivity contribution in [1.82, 2.24) is 15.1 Å². The van der Waals surface area contributed by atoms with Gasteiger partial charge in [0.2, 0.25) is 5.91 Å². The van der Waals surface area contributed by atoms with E-state index in [2.05, 4.69) is 12.2 Å². The van der Waals surface area contributed by atoms with Crippen LogP contribution in [0, 0.1) is 5.92 Å². The molecule has 2 unspecified atom stereocenters. The zero-order chi connectivity index (χ0) is 13.8. The summed E-state index contributed by atoms with van der Waals surface area (Å²) in [7, 11) is 1.59. The number of likely N-dealkylation sites (tertiary alicyclic amines) is 1. The lowest BCUT2D eigenvalue weighted by Gasteiger charge is -2.40. The summed E-state index contributed by atoms with van der Waals surface area (Å²) in [6.07, 6.45) is 2.22. The van der Waals surface area contributed by atoms with E-state index in [0.29, 0.717) is 19.1 Å². The van der Waals surface area contributed by atoms with Gasteiger partial charge < -0.3 is 19.9 Å². The third-order valence-electron chi connectivity index (χ3n) is 3.85. The fraction of sp³-hybridized carbons (Fsp3) is 0.846. The summed E-state index contributed by atoms with van der Waals surface area (Å²) in [5, 5.41) is 2.60. The third-order valence-corrected chi connectivity index (χ3v) is 3.85. The normalized spacial score (nSPS) is 28.1. The van der Waals surface area contributed by atoms with Crippen LogP contribution in [-0.2, 0) is 9.53 Å². The number of morpholine rings is 1.